The number of hydrogen-bond acceptors (Lipinski definition) is 4. The highest BCUT2D eigenvalue weighted by molar-refractivity contribution is 6.31. The van der Waals surface area contributed by atoms with E-state index < -0.39 is 11.0 Å². The van der Waals surface area contributed by atoms with Crippen molar-refractivity contribution in [3.05, 3.63) is 74.6 Å². The molecule has 3 rings (SSSR count). The van der Waals surface area contributed by atoms with Crippen LogP contribution in [0.1, 0.15) is 36.6 Å². The van der Waals surface area contributed by atoms with Crippen LogP contribution >= 0.6 is 11.6 Å². The number of nitro benzene ring substituents is 1. The average Bonchev–Trinajstić information content (AvgIpc) is 3.05. The second-order valence-corrected chi connectivity index (χ2v) is 5.84. The van der Waals surface area contributed by atoms with Gasteiger partial charge < -0.3 is 5.11 Å². The maximum atomic E-state index is 11.0. The standard InChI is InChI=1S/C17H15ClN2O3/c18-15-8-7-11(20(22)23)10-14(15)17(21)13-5-3-4-12(13)16-6-1-2-9-19-16/h1-2,6-10,17,21H,3-5H2/t17-/m0/s1. The van der Waals surface area contributed by atoms with E-state index in [2.05, 4.69) is 4.98 Å². The van der Waals surface area contributed by atoms with Crippen molar-refractivity contribution in [2.45, 2.75) is 25.4 Å². The maximum Gasteiger partial charge on any atom is 0.269 e. The Morgan fingerprint density at radius 3 is 2.78 bits per heavy atom. The number of halogens is 1. The summed E-state index contributed by atoms with van der Waals surface area (Å²) in [6.45, 7) is 0. The quantitative estimate of drug-likeness (QED) is 0.669. The van der Waals surface area contributed by atoms with Crippen LogP contribution in [0.25, 0.3) is 5.57 Å². The van der Waals surface area contributed by atoms with Crippen molar-refractivity contribution in [2.24, 2.45) is 0 Å². The van der Waals surface area contributed by atoms with E-state index in [1.54, 1.807) is 6.20 Å². The lowest BCUT2D eigenvalue weighted by Crippen LogP contribution is -2.04. The van der Waals surface area contributed by atoms with Gasteiger partial charge in [-0.1, -0.05) is 17.7 Å². The Hall–Kier alpha value is -2.24. The minimum atomic E-state index is -0.957. The summed E-state index contributed by atoms with van der Waals surface area (Å²) in [5, 5.41) is 22.0. The minimum absolute atomic E-state index is 0.0820. The lowest BCUT2D eigenvalue weighted by Gasteiger charge is -2.16. The van der Waals surface area contributed by atoms with Gasteiger partial charge in [0.1, 0.15) is 6.10 Å². The first-order valence-electron chi connectivity index (χ1n) is 7.33. The molecule has 1 aromatic heterocycles. The normalized spacial score (nSPS) is 15.7. The molecule has 0 saturated carbocycles. The molecule has 23 heavy (non-hydrogen) atoms. The predicted octanol–water partition coefficient (Wildman–Crippen LogP) is 4.31. The highest BCUT2D eigenvalue weighted by atomic mass is 35.5. The lowest BCUT2D eigenvalue weighted by molar-refractivity contribution is -0.385. The van der Waals surface area contributed by atoms with Crippen LogP contribution in [0.4, 0.5) is 5.69 Å². The van der Waals surface area contributed by atoms with Gasteiger partial charge in [0.05, 0.1) is 10.6 Å². The Kier molecular flexibility index (Phi) is 4.41. The number of hydrogen-bond donors (Lipinski definition) is 1. The smallest absolute Gasteiger partial charge is 0.269 e. The van der Waals surface area contributed by atoms with Gasteiger partial charge in [-0.05, 0) is 48.6 Å². The second kappa shape index (κ2) is 6.48. The van der Waals surface area contributed by atoms with E-state index in [1.165, 1.54) is 18.2 Å². The summed E-state index contributed by atoms with van der Waals surface area (Å²) in [4.78, 5) is 14.8. The molecule has 0 spiro atoms. The largest absolute Gasteiger partial charge is 0.384 e. The Morgan fingerprint density at radius 2 is 2.09 bits per heavy atom. The van der Waals surface area contributed by atoms with Crippen LogP contribution in [0, 0.1) is 10.1 Å². The van der Waals surface area contributed by atoms with Crippen LogP contribution in [0.15, 0.2) is 48.2 Å². The summed E-state index contributed by atoms with van der Waals surface area (Å²) in [5.74, 6) is 0. The summed E-state index contributed by atoms with van der Waals surface area (Å²) >= 11 is 6.15. The Morgan fingerprint density at radius 1 is 1.26 bits per heavy atom. The molecule has 2 aromatic rings. The number of rotatable bonds is 4. The first kappa shape index (κ1) is 15.6. The van der Waals surface area contributed by atoms with Gasteiger partial charge in [0, 0.05) is 28.9 Å². The van der Waals surface area contributed by atoms with Gasteiger partial charge in [-0.25, -0.2) is 0 Å². The molecule has 1 aliphatic rings. The molecule has 1 heterocycles. The summed E-state index contributed by atoms with van der Waals surface area (Å²) in [6, 6.07) is 9.77. The van der Waals surface area contributed by atoms with Gasteiger partial charge in [0.15, 0.2) is 0 Å². The van der Waals surface area contributed by atoms with E-state index in [1.807, 2.05) is 18.2 Å². The van der Waals surface area contributed by atoms with Crippen LogP contribution in [0.2, 0.25) is 5.02 Å². The molecule has 1 N–H and O–H groups in total. The number of aromatic nitrogens is 1. The number of aliphatic hydroxyl groups is 1. The van der Waals surface area contributed by atoms with Crippen molar-refractivity contribution >= 4 is 22.9 Å². The van der Waals surface area contributed by atoms with Crippen molar-refractivity contribution < 1.29 is 10.0 Å². The van der Waals surface area contributed by atoms with Gasteiger partial charge in [-0.15, -0.1) is 0 Å². The predicted molar refractivity (Wildman–Crippen MR) is 88.1 cm³/mol. The molecular weight excluding hydrogens is 316 g/mol. The number of nitro groups is 1. The maximum absolute atomic E-state index is 11.0. The zero-order chi connectivity index (χ0) is 16.4. The third-order valence-corrected chi connectivity index (χ3v) is 4.39. The number of allylic oxidation sites excluding steroid dienone is 1. The fourth-order valence-electron chi connectivity index (χ4n) is 2.94. The van der Waals surface area contributed by atoms with Crippen LogP contribution in [-0.2, 0) is 0 Å². The van der Waals surface area contributed by atoms with Gasteiger partial charge >= 0.3 is 0 Å². The molecule has 0 fully saturated rings. The molecule has 1 aliphatic carbocycles. The second-order valence-electron chi connectivity index (χ2n) is 5.44. The van der Waals surface area contributed by atoms with Gasteiger partial charge in [-0.2, -0.15) is 0 Å². The van der Waals surface area contributed by atoms with Crippen molar-refractivity contribution in [1.82, 2.24) is 4.98 Å². The Balaban J connectivity index is 2.04. The van der Waals surface area contributed by atoms with Gasteiger partial charge in [0.25, 0.3) is 5.69 Å². The molecule has 0 bridgehead atoms. The fraction of sp³-hybridized carbons (Fsp3) is 0.235. The third-order valence-electron chi connectivity index (χ3n) is 4.05. The Bertz CT molecular complexity index is 775. The molecule has 6 heteroatoms. The first-order chi connectivity index (χ1) is 11.1. The number of benzene rings is 1. The van der Waals surface area contributed by atoms with Crippen LogP contribution in [-0.4, -0.2) is 15.0 Å². The summed E-state index contributed by atoms with van der Waals surface area (Å²) in [7, 11) is 0. The van der Waals surface area contributed by atoms with E-state index in [4.69, 9.17) is 11.6 Å². The van der Waals surface area contributed by atoms with Gasteiger partial charge in [0.2, 0.25) is 0 Å². The highest BCUT2D eigenvalue weighted by Gasteiger charge is 2.26. The van der Waals surface area contributed by atoms with E-state index in [0.717, 1.165) is 36.1 Å². The number of pyridine rings is 1. The number of non-ortho nitro benzene ring substituents is 1. The van der Waals surface area contributed by atoms with Crippen LogP contribution in [0.3, 0.4) is 0 Å². The molecule has 0 aliphatic heterocycles. The lowest BCUT2D eigenvalue weighted by atomic mass is 9.96. The monoisotopic (exact) mass is 330 g/mol. The van der Waals surface area contributed by atoms with Crippen molar-refractivity contribution in [3.63, 3.8) is 0 Å². The SMILES string of the molecule is O=[N+]([O-])c1ccc(Cl)c([C@@H](O)C2=C(c3ccccn3)CCC2)c1. The van der Waals surface area contributed by atoms with Crippen molar-refractivity contribution in [1.29, 1.82) is 0 Å². The third kappa shape index (κ3) is 3.11. The summed E-state index contributed by atoms with van der Waals surface area (Å²) in [5.41, 5.74) is 2.96. The molecule has 118 valence electrons. The fourth-order valence-corrected chi connectivity index (χ4v) is 3.17. The molecule has 0 unspecified atom stereocenters. The molecule has 1 atom stereocenters. The Labute approximate surface area is 138 Å². The van der Waals surface area contributed by atoms with Crippen LogP contribution in [0.5, 0.6) is 0 Å². The van der Waals surface area contributed by atoms with Crippen molar-refractivity contribution in [3.8, 4) is 0 Å². The van der Waals surface area contributed by atoms with Crippen LogP contribution < -0.4 is 0 Å². The first-order valence-corrected chi connectivity index (χ1v) is 7.71. The van der Waals surface area contributed by atoms with E-state index >= 15 is 0 Å². The summed E-state index contributed by atoms with van der Waals surface area (Å²) in [6.07, 6.45) is 3.24. The molecular formula is C17H15ClN2O3. The van der Waals surface area contributed by atoms with Gasteiger partial charge in [-0.3, -0.25) is 15.1 Å². The molecule has 0 saturated heterocycles. The van der Waals surface area contributed by atoms with E-state index in [-0.39, 0.29) is 5.69 Å². The molecule has 1 aromatic carbocycles. The molecule has 0 radical (unpaired) electrons. The number of aliphatic hydroxyl groups excluding tert-OH is 1. The minimum Gasteiger partial charge on any atom is -0.384 e. The summed E-state index contributed by atoms with van der Waals surface area (Å²) < 4.78 is 0. The van der Waals surface area contributed by atoms with Crippen molar-refractivity contribution in [2.75, 3.05) is 0 Å². The van der Waals surface area contributed by atoms with E-state index in [9.17, 15) is 15.2 Å². The number of nitrogens with zero attached hydrogens (tertiary/aromatic N) is 2. The zero-order valence-corrected chi connectivity index (χ0v) is 13.0. The molecule has 5 nitrogen and oxygen atoms in total. The van der Waals surface area contributed by atoms with E-state index in [0.29, 0.717) is 10.6 Å². The topological polar surface area (TPSA) is 76.3 Å². The zero-order valence-electron chi connectivity index (χ0n) is 12.3. The average molecular weight is 331 g/mol. The molecule has 0 amide bonds. The highest BCUT2D eigenvalue weighted by Crippen LogP contribution is 2.42.